The number of rotatable bonds is 0. The Bertz CT molecular complexity index is 7.61. The van der Waals surface area contributed by atoms with E-state index in [1.165, 1.54) is 0 Å². The van der Waals surface area contributed by atoms with Gasteiger partial charge >= 0.3 is 0 Å². The SMILES string of the molecule is C=C.O.O.[Na]. The van der Waals surface area contributed by atoms with Crippen molar-refractivity contribution < 1.29 is 11.0 Å². The molecule has 0 unspecified atom stereocenters. The van der Waals surface area contributed by atoms with Gasteiger partial charge in [-0.2, -0.15) is 0 Å². The van der Waals surface area contributed by atoms with Crippen LogP contribution in [0.5, 0.6) is 0 Å². The van der Waals surface area contributed by atoms with Gasteiger partial charge < -0.3 is 11.0 Å². The van der Waals surface area contributed by atoms with Crippen LogP contribution < -0.4 is 0 Å². The van der Waals surface area contributed by atoms with Gasteiger partial charge in [-0.15, -0.1) is 13.2 Å². The summed E-state index contributed by atoms with van der Waals surface area (Å²) in [5.41, 5.74) is 0. The van der Waals surface area contributed by atoms with E-state index in [2.05, 4.69) is 13.2 Å². The zero-order chi connectivity index (χ0) is 2.00. The summed E-state index contributed by atoms with van der Waals surface area (Å²) < 4.78 is 0. The van der Waals surface area contributed by atoms with Gasteiger partial charge in [0.05, 0.1) is 0 Å². The van der Waals surface area contributed by atoms with Crippen LogP contribution in [0.4, 0.5) is 0 Å². The van der Waals surface area contributed by atoms with Crippen LogP contribution in [0, 0.1) is 0 Å². The van der Waals surface area contributed by atoms with Gasteiger partial charge in [0.1, 0.15) is 0 Å². The van der Waals surface area contributed by atoms with E-state index in [-0.39, 0.29) is 40.5 Å². The Morgan fingerprint density at radius 2 is 0.800 bits per heavy atom. The molecule has 5 heavy (non-hydrogen) atoms. The van der Waals surface area contributed by atoms with Crippen LogP contribution in [0.15, 0.2) is 13.2 Å². The van der Waals surface area contributed by atoms with Gasteiger partial charge in [-0.25, -0.2) is 0 Å². The van der Waals surface area contributed by atoms with Gasteiger partial charge in [0, 0.05) is 29.6 Å². The normalized spacial score (nSPS) is 0.800. The van der Waals surface area contributed by atoms with Gasteiger partial charge in [0.15, 0.2) is 0 Å². The summed E-state index contributed by atoms with van der Waals surface area (Å²) in [6.45, 7) is 6.00. The average molecular weight is 87.1 g/mol. The maximum atomic E-state index is 3.00. The molecule has 0 aliphatic carbocycles. The summed E-state index contributed by atoms with van der Waals surface area (Å²) in [7, 11) is 0. The Hall–Kier alpha value is 0.660. The fourth-order valence-electron chi connectivity index (χ4n) is 0. The summed E-state index contributed by atoms with van der Waals surface area (Å²) in [4.78, 5) is 0. The molecule has 0 atom stereocenters. The molecule has 0 aliphatic rings. The van der Waals surface area contributed by atoms with Crippen LogP contribution in [-0.4, -0.2) is 40.5 Å². The monoisotopic (exact) mass is 87.0 g/mol. The maximum Gasteiger partial charge on any atom is 0 e. The molecule has 0 fully saturated rings. The minimum atomic E-state index is 0. The summed E-state index contributed by atoms with van der Waals surface area (Å²) in [6, 6.07) is 0. The zero-order valence-corrected chi connectivity index (χ0v) is 5.41. The first kappa shape index (κ1) is 44.6. The van der Waals surface area contributed by atoms with Gasteiger partial charge in [-0.1, -0.05) is 0 Å². The van der Waals surface area contributed by atoms with Crippen molar-refractivity contribution in [2.75, 3.05) is 0 Å². The molecular weight excluding hydrogens is 79.0 g/mol. The third kappa shape index (κ3) is 75.7. The summed E-state index contributed by atoms with van der Waals surface area (Å²) in [5, 5.41) is 0. The molecule has 0 aromatic carbocycles. The Balaban J connectivity index is -0.00000000167. The van der Waals surface area contributed by atoms with E-state index < -0.39 is 0 Å². The second-order valence-electron chi connectivity index (χ2n) is 0. The van der Waals surface area contributed by atoms with E-state index in [9.17, 15) is 0 Å². The summed E-state index contributed by atoms with van der Waals surface area (Å²) in [6.07, 6.45) is 0. The first-order chi connectivity index (χ1) is 1.00. The van der Waals surface area contributed by atoms with E-state index >= 15 is 0 Å². The van der Waals surface area contributed by atoms with E-state index in [4.69, 9.17) is 0 Å². The topological polar surface area (TPSA) is 63.0 Å². The Morgan fingerprint density at radius 3 is 0.800 bits per heavy atom. The molecule has 29 valence electrons. The molecule has 3 heteroatoms. The molecular formula is C2H8NaO2. The van der Waals surface area contributed by atoms with Gasteiger partial charge in [0.2, 0.25) is 0 Å². The molecule has 4 N–H and O–H groups in total. The van der Waals surface area contributed by atoms with E-state index in [1.807, 2.05) is 0 Å². The van der Waals surface area contributed by atoms with Crippen molar-refractivity contribution in [1.82, 2.24) is 0 Å². The minimum absolute atomic E-state index is 0. The van der Waals surface area contributed by atoms with E-state index in [0.717, 1.165) is 0 Å². The van der Waals surface area contributed by atoms with Crippen LogP contribution in [-0.2, 0) is 0 Å². The van der Waals surface area contributed by atoms with E-state index in [0.29, 0.717) is 0 Å². The predicted molar refractivity (Wildman–Crippen MR) is 24.2 cm³/mol. The summed E-state index contributed by atoms with van der Waals surface area (Å²) >= 11 is 0. The van der Waals surface area contributed by atoms with Gasteiger partial charge in [-0.3, -0.25) is 0 Å². The largest absolute Gasteiger partial charge is 0.412 e. The zero-order valence-electron chi connectivity index (χ0n) is 3.41. The Labute approximate surface area is 53.8 Å². The number of hydrogen-bond acceptors (Lipinski definition) is 0. The average Bonchev–Trinajstić information content (AvgIpc) is 1.00. The summed E-state index contributed by atoms with van der Waals surface area (Å²) in [5.74, 6) is 0. The fraction of sp³-hybridized carbons (Fsp3) is 0. The molecule has 0 bridgehead atoms. The Morgan fingerprint density at radius 1 is 0.800 bits per heavy atom. The molecule has 0 aromatic heterocycles. The Kier molecular flexibility index (Phi) is 1280. The minimum Gasteiger partial charge on any atom is -0.412 e. The van der Waals surface area contributed by atoms with E-state index in [1.54, 1.807) is 0 Å². The van der Waals surface area contributed by atoms with Crippen LogP contribution in [0.1, 0.15) is 0 Å². The molecule has 1 radical (unpaired) electrons. The molecule has 0 aliphatic heterocycles. The molecule has 0 spiro atoms. The first-order valence-electron chi connectivity index (χ1n) is 0.500. The van der Waals surface area contributed by atoms with Crippen LogP contribution in [0.2, 0.25) is 0 Å². The van der Waals surface area contributed by atoms with Gasteiger partial charge in [-0.05, 0) is 0 Å². The first-order valence-corrected chi connectivity index (χ1v) is 0.500. The number of hydrogen-bond donors (Lipinski definition) is 0. The molecule has 0 heterocycles. The van der Waals surface area contributed by atoms with Crippen molar-refractivity contribution >= 4 is 29.6 Å². The van der Waals surface area contributed by atoms with Crippen molar-refractivity contribution in [3.05, 3.63) is 13.2 Å². The fourth-order valence-corrected chi connectivity index (χ4v) is 0. The van der Waals surface area contributed by atoms with Crippen molar-refractivity contribution in [3.63, 3.8) is 0 Å². The van der Waals surface area contributed by atoms with Gasteiger partial charge in [0.25, 0.3) is 0 Å². The third-order valence-corrected chi connectivity index (χ3v) is 0. The quantitative estimate of drug-likeness (QED) is 0.262. The standard InChI is InChI=1S/C2H4.Na.2H2O/c1-2;;;/h1-2H2;;2*1H2. The molecule has 0 amide bonds. The molecule has 2 nitrogen and oxygen atoms in total. The van der Waals surface area contributed by atoms with Crippen LogP contribution >= 0.6 is 0 Å². The molecule has 0 rings (SSSR count). The van der Waals surface area contributed by atoms with Crippen molar-refractivity contribution in [2.45, 2.75) is 0 Å². The van der Waals surface area contributed by atoms with Crippen LogP contribution in [0.3, 0.4) is 0 Å². The molecule has 0 saturated heterocycles. The van der Waals surface area contributed by atoms with Crippen molar-refractivity contribution in [3.8, 4) is 0 Å². The second-order valence-corrected chi connectivity index (χ2v) is 0. The molecule has 0 saturated carbocycles. The maximum absolute atomic E-state index is 3.00. The molecule has 0 aromatic rings. The smallest absolute Gasteiger partial charge is 0 e. The third-order valence-electron chi connectivity index (χ3n) is 0. The van der Waals surface area contributed by atoms with Crippen molar-refractivity contribution in [1.29, 1.82) is 0 Å². The predicted octanol–water partition coefficient (Wildman–Crippen LogP) is -1.23. The van der Waals surface area contributed by atoms with Crippen molar-refractivity contribution in [2.24, 2.45) is 0 Å². The van der Waals surface area contributed by atoms with Crippen LogP contribution in [0.25, 0.3) is 0 Å². The second kappa shape index (κ2) is 143.